The highest BCUT2D eigenvalue weighted by atomic mass is 32.2. The molecule has 8 nitrogen and oxygen atoms in total. The molecule has 0 N–H and O–H groups in total. The van der Waals surface area contributed by atoms with Crippen molar-refractivity contribution < 1.29 is 22.7 Å². The minimum atomic E-state index is -3.68. The van der Waals surface area contributed by atoms with E-state index in [2.05, 4.69) is 4.90 Å². The van der Waals surface area contributed by atoms with Gasteiger partial charge >= 0.3 is 5.97 Å². The number of aromatic nitrogens is 1. The van der Waals surface area contributed by atoms with Gasteiger partial charge in [-0.1, -0.05) is 30.3 Å². The average molecular weight is 496 g/mol. The van der Waals surface area contributed by atoms with E-state index in [1.807, 2.05) is 18.3 Å². The van der Waals surface area contributed by atoms with E-state index in [1.54, 1.807) is 48.0 Å². The molecule has 2 heterocycles. The highest BCUT2D eigenvalue weighted by molar-refractivity contribution is 7.89. The summed E-state index contributed by atoms with van der Waals surface area (Å²) in [6, 6.07) is 16.9. The second kappa shape index (κ2) is 10.6. The largest absolute Gasteiger partial charge is 0.464 e. The highest BCUT2D eigenvalue weighted by Crippen LogP contribution is 2.21. The Hall–Kier alpha value is -3.27. The normalized spacial score (nSPS) is 15.5. The van der Waals surface area contributed by atoms with Crippen LogP contribution in [0.15, 0.2) is 71.8 Å². The molecule has 1 fully saturated rings. The molecule has 1 saturated heterocycles. The van der Waals surface area contributed by atoms with Crippen LogP contribution in [0.2, 0.25) is 0 Å². The molecule has 0 radical (unpaired) electrons. The second-order valence-electron chi connectivity index (χ2n) is 8.59. The summed E-state index contributed by atoms with van der Waals surface area (Å²) in [6.45, 7) is 2.73. The van der Waals surface area contributed by atoms with E-state index in [4.69, 9.17) is 4.74 Å². The number of esters is 1. The van der Waals surface area contributed by atoms with Gasteiger partial charge in [-0.05, 0) is 48.9 Å². The van der Waals surface area contributed by atoms with Crippen molar-refractivity contribution in [3.8, 4) is 0 Å². The molecule has 1 aliphatic rings. The molecule has 0 saturated carbocycles. The Morgan fingerprint density at radius 2 is 1.60 bits per heavy atom. The summed E-state index contributed by atoms with van der Waals surface area (Å²) < 4.78 is 34.6. The van der Waals surface area contributed by atoms with E-state index >= 15 is 0 Å². The van der Waals surface area contributed by atoms with Gasteiger partial charge in [0, 0.05) is 50.6 Å². The van der Waals surface area contributed by atoms with E-state index in [-0.39, 0.29) is 16.6 Å². The van der Waals surface area contributed by atoms with Gasteiger partial charge in [-0.3, -0.25) is 9.69 Å². The number of nitrogens with zero attached hydrogens (tertiary/aromatic N) is 3. The number of benzene rings is 2. The first-order valence-corrected chi connectivity index (χ1v) is 12.9. The lowest BCUT2D eigenvalue weighted by Gasteiger charge is -2.21. The molecular formula is C26H29N3O5S. The minimum Gasteiger partial charge on any atom is -0.464 e. The van der Waals surface area contributed by atoms with Crippen LogP contribution in [0.1, 0.15) is 38.4 Å². The molecule has 0 aliphatic carbocycles. The number of aryl methyl sites for hydroxylation is 1. The number of methoxy groups -OCH3 is 1. The summed E-state index contributed by atoms with van der Waals surface area (Å²) in [5, 5.41) is 0. The maximum atomic E-state index is 13.3. The van der Waals surface area contributed by atoms with Crippen LogP contribution in [-0.4, -0.2) is 67.2 Å². The predicted molar refractivity (Wildman–Crippen MR) is 132 cm³/mol. The lowest BCUT2D eigenvalue weighted by molar-refractivity contribution is 0.0589. The third-order valence-corrected chi connectivity index (χ3v) is 8.11. The zero-order valence-corrected chi connectivity index (χ0v) is 20.7. The van der Waals surface area contributed by atoms with Gasteiger partial charge in [-0.25, -0.2) is 13.2 Å². The van der Waals surface area contributed by atoms with Crippen LogP contribution < -0.4 is 0 Å². The Morgan fingerprint density at radius 3 is 2.29 bits per heavy atom. The Labute approximate surface area is 205 Å². The molecule has 35 heavy (non-hydrogen) atoms. The summed E-state index contributed by atoms with van der Waals surface area (Å²) in [5.41, 5.74) is 2.47. The van der Waals surface area contributed by atoms with Gasteiger partial charge in [-0.15, -0.1) is 0 Å². The first kappa shape index (κ1) is 24.8. The number of ketones is 1. The van der Waals surface area contributed by atoms with Crippen LogP contribution in [-0.2, 0) is 28.4 Å². The monoisotopic (exact) mass is 495 g/mol. The first-order valence-electron chi connectivity index (χ1n) is 11.5. The number of rotatable bonds is 7. The van der Waals surface area contributed by atoms with Crippen LogP contribution in [0.3, 0.4) is 0 Å². The third-order valence-electron chi connectivity index (χ3n) is 6.20. The molecule has 2 aromatic carbocycles. The predicted octanol–water partition coefficient (Wildman–Crippen LogP) is 2.94. The van der Waals surface area contributed by atoms with Crippen LogP contribution in [0.25, 0.3) is 0 Å². The van der Waals surface area contributed by atoms with Gasteiger partial charge in [0.15, 0.2) is 5.78 Å². The van der Waals surface area contributed by atoms with Crippen molar-refractivity contribution in [2.24, 2.45) is 7.05 Å². The molecule has 0 atom stereocenters. The van der Waals surface area contributed by atoms with Crippen molar-refractivity contribution in [1.82, 2.24) is 13.8 Å². The van der Waals surface area contributed by atoms with Gasteiger partial charge in [0.2, 0.25) is 10.0 Å². The smallest absolute Gasteiger partial charge is 0.354 e. The molecule has 1 aromatic heterocycles. The van der Waals surface area contributed by atoms with Crippen molar-refractivity contribution in [1.29, 1.82) is 0 Å². The number of hydrogen-bond acceptors (Lipinski definition) is 6. The van der Waals surface area contributed by atoms with Crippen molar-refractivity contribution in [2.75, 3.05) is 33.3 Å². The Balaban J connectivity index is 1.41. The van der Waals surface area contributed by atoms with Crippen LogP contribution in [0.5, 0.6) is 0 Å². The maximum Gasteiger partial charge on any atom is 0.354 e. The summed E-state index contributed by atoms with van der Waals surface area (Å²) in [6.07, 6.45) is 2.59. The summed E-state index contributed by atoms with van der Waals surface area (Å²) in [5.74, 6) is -0.528. The topological polar surface area (TPSA) is 88.9 Å². The highest BCUT2D eigenvalue weighted by Gasteiger charge is 2.27. The zero-order valence-electron chi connectivity index (χ0n) is 19.9. The van der Waals surface area contributed by atoms with Crippen molar-refractivity contribution in [2.45, 2.75) is 17.9 Å². The fourth-order valence-corrected chi connectivity index (χ4v) is 5.78. The van der Waals surface area contributed by atoms with E-state index in [0.29, 0.717) is 49.4 Å². The summed E-state index contributed by atoms with van der Waals surface area (Å²) in [7, 11) is -0.524. The minimum absolute atomic E-state index is 0.142. The fraction of sp³-hybridized carbons (Fsp3) is 0.308. The van der Waals surface area contributed by atoms with Gasteiger partial charge in [0.1, 0.15) is 5.69 Å². The number of carbonyl (C=O) groups is 2. The average Bonchev–Trinajstić information content (AvgIpc) is 3.08. The Bertz CT molecular complexity index is 1300. The zero-order chi connectivity index (χ0) is 25.0. The molecule has 0 bridgehead atoms. The molecule has 3 aromatic rings. The molecule has 1 aliphatic heterocycles. The van der Waals surface area contributed by atoms with Crippen LogP contribution >= 0.6 is 0 Å². The summed E-state index contributed by atoms with van der Waals surface area (Å²) in [4.78, 5) is 26.9. The van der Waals surface area contributed by atoms with Gasteiger partial charge < -0.3 is 9.30 Å². The fourth-order valence-electron chi connectivity index (χ4n) is 4.31. The lowest BCUT2D eigenvalue weighted by atomic mass is 10.0. The van der Waals surface area contributed by atoms with Crippen LogP contribution in [0, 0.1) is 0 Å². The Kier molecular flexibility index (Phi) is 7.49. The molecule has 0 spiro atoms. The molecular weight excluding hydrogens is 466 g/mol. The van der Waals surface area contributed by atoms with E-state index in [0.717, 1.165) is 12.1 Å². The van der Waals surface area contributed by atoms with E-state index in [9.17, 15) is 18.0 Å². The van der Waals surface area contributed by atoms with Crippen molar-refractivity contribution >= 4 is 21.8 Å². The molecule has 9 heteroatoms. The quantitative estimate of drug-likeness (QED) is 0.370. The number of hydrogen-bond donors (Lipinski definition) is 0. The van der Waals surface area contributed by atoms with E-state index in [1.165, 1.54) is 23.5 Å². The molecule has 0 unspecified atom stereocenters. The second-order valence-corrected chi connectivity index (χ2v) is 10.5. The Morgan fingerprint density at radius 1 is 0.914 bits per heavy atom. The number of carbonyl (C=O) groups excluding carboxylic acids is 2. The van der Waals surface area contributed by atoms with E-state index < -0.39 is 10.0 Å². The molecule has 0 amide bonds. The molecule has 4 rings (SSSR count). The van der Waals surface area contributed by atoms with Crippen LogP contribution in [0.4, 0.5) is 0 Å². The summed E-state index contributed by atoms with van der Waals surface area (Å²) >= 11 is 0. The number of ether oxygens (including phenoxy) is 1. The van der Waals surface area contributed by atoms with Crippen molar-refractivity contribution in [3.63, 3.8) is 0 Å². The maximum absolute atomic E-state index is 13.3. The van der Waals surface area contributed by atoms with Gasteiger partial charge in [-0.2, -0.15) is 4.31 Å². The first-order chi connectivity index (χ1) is 16.8. The van der Waals surface area contributed by atoms with Gasteiger partial charge in [0.05, 0.1) is 12.0 Å². The standard InChI is InChI=1S/C26H29N3O5S/c1-27-18-20(17-24(27)26(31)34-2)19-28-13-6-14-29(16-15-28)35(32,33)23-11-9-22(10-12-23)25(30)21-7-4-3-5-8-21/h3-5,7-12,17-18H,6,13-16,19H2,1-2H3. The SMILES string of the molecule is COC(=O)c1cc(CN2CCCN(S(=O)(=O)c3ccc(C(=O)c4ccccc4)cc3)CC2)cn1C. The number of sulfonamides is 1. The van der Waals surface area contributed by atoms with Crippen molar-refractivity contribution in [3.05, 3.63) is 89.2 Å². The lowest BCUT2D eigenvalue weighted by Crippen LogP contribution is -2.35. The third kappa shape index (κ3) is 5.53. The molecule has 184 valence electrons. The van der Waals surface area contributed by atoms with Gasteiger partial charge in [0.25, 0.3) is 0 Å².